The molecule has 1 aromatic carbocycles. The van der Waals surface area contributed by atoms with E-state index >= 15 is 0 Å². The van der Waals surface area contributed by atoms with E-state index in [9.17, 15) is 9.90 Å². The Bertz CT molecular complexity index is 453. The van der Waals surface area contributed by atoms with Gasteiger partial charge in [0, 0.05) is 37.1 Å². The van der Waals surface area contributed by atoms with Gasteiger partial charge in [0.15, 0.2) is 0 Å². The lowest BCUT2D eigenvalue weighted by Gasteiger charge is -2.30. The number of piperidine rings is 1. The number of aliphatic hydroxyl groups is 1. The van der Waals surface area contributed by atoms with Crippen LogP contribution in [-0.4, -0.2) is 42.1 Å². The quantitative estimate of drug-likeness (QED) is 0.885. The van der Waals surface area contributed by atoms with Crippen LogP contribution in [0.5, 0.6) is 0 Å². The molecule has 1 fully saturated rings. The van der Waals surface area contributed by atoms with E-state index in [0.717, 1.165) is 16.5 Å². The maximum absolute atomic E-state index is 11.4. The Morgan fingerprint density at radius 3 is 3.05 bits per heavy atom. The Morgan fingerprint density at radius 2 is 2.37 bits per heavy atom. The molecule has 104 valence electrons. The number of hydrogen-bond donors (Lipinski definition) is 2. The Hall–Kier alpha value is -0.910. The zero-order chi connectivity index (χ0) is 13.8. The molecule has 2 N–H and O–H groups in total. The highest BCUT2D eigenvalue weighted by Crippen LogP contribution is 2.18. The topological polar surface area (TPSA) is 52.6 Å². The second-order valence-electron chi connectivity index (χ2n) is 4.99. The third-order valence-corrected chi connectivity index (χ3v) is 3.95. The van der Waals surface area contributed by atoms with E-state index in [-0.39, 0.29) is 11.9 Å². The van der Waals surface area contributed by atoms with Crippen molar-refractivity contribution in [2.24, 2.45) is 0 Å². The minimum Gasteiger partial charge on any atom is -0.387 e. The molecule has 0 aliphatic carbocycles. The molecule has 4 nitrogen and oxygen atoms in total. The summed E-state index contributed by atoms with van der Waals surface area (Å²) < 4.78 is 0.965. The number of rotatable bonds is 4. The summed E-state index contributed by atoms with van der Waals surface area (Å²) in [6.07, 6.45) is 0.899. The molecule has 0 spiro atoms. The summed E-state index contributed by atoms with van der Waals surface area (Å²) in [7, 11) is 1.82. The minimum atomic E-state index is -0.527. The highest BCUT2D eigenvalue weighted by atomic mass is 79.9. The van der Waals surface area contributed by atoms with E-state index < -0.39 is 6.10 Å². The first-order chi connectivity index (χ1) is 9.06. The molecule has 5 heteroatoms. The predicted molar refractivity (Wildman–Crippen MR) is 77.8 cm³/mol. The summed E-state index contributed by atoms with van der Waals surface area (Å²) in [6, 6.07) is 7.95. The predicted octanol–water partition coefficient (Wildman–Crippen LogP) is 1.69. The molecule has 2 atom stereocenters. The number of carbonyl (C=O) groups is 1. The lowest BCUT2D eigenvalue weighted by molar-refractivity contribution is -0.132. The first-order valence-electron chi connectivity index (χ1n) is 6.47. The van der Waals surface area contributed by atoms with Gasteiger partial charge in [0.25, 0.3) is 0 Å². The zero-order valence-corrected chi connectivity index (χ0v) is 12.6. The largest absolute Gasteiger partial charge is 0.387 e. The molecule has 0 aromatic heterocycles. The van der Waals surface area contributed by atoms with Crippen molar-refractivity contribution >= 4 is 21.8 Å². The van der Waals surface area contributed by atoms with Crippen molar-refractivity contribution in [3.05, 3.63) is 34.3 Å². The van der Waals surface area contributed by atoms with E-state index in [0.29, 0.717) is 19.5 Å². The molecule has 0 saturated carbocycles. The number of nitrogens with one attached hydrogen (secondary N) is 1. The molecular formula is C14H19BrN2O2. The summed E-state index contributed by atoms with van der Waals surface area (Å²) in [4.78, 5) is 13.1. The molecule has 1 saturated heterocycles. The molecule has 0 radical (unpaired) electrons. The Morgan fingerprint density at radius 1 is 1.58 bits per heavy atom. The number of nitrogens with zero attached hydrogens (tertiary/aromatic N) is 1. The molecule has 1 aliphatic heterocycles. The van der Waals surface area contributed by atoms with Crippen LogP contribution in [-0.2, 0) is 4.79 Å². The van der Waals surface area contributed by atoms with Gasteiger partial charge in [0.05, 0.1) is 6.10 Å². The van der Waals surface area contributed by atoms with E-state index in [2.05, 4.69) is 21.2 Å². The Labute approximate surface area is 121 Å². The number of halogens is 1. The summed E-state index contributed by atoms with van der Waals surface area (Å²) >= 11 is 3.40. The van der Waals surface area contributed by atoms with Gasteiger partial charge in [-0.25, -0.2) is 0 Å². The van der Waals surface area contributed by atoms with Gasteiger partial charge in [-0.05, 0) is 24.1 Å². The molecular weight excluding hydrogens is 308 g/mol. The maximum atomic E-state index is 11.4. The van der Waals surface area contributed by atoms with Gasteiger partial charge >= 0.3 is 0 Å². The van der Waals surface area contributed by atoms with Crippen LogP contribution < -0.4 is 5.32 Å². The summed E-state index contributed by atoms with van der Waals surface area (Å²) in [5, 5.41) is 13.5. The molecule has 19 heavy (non-hydrogen) atoms. The highest BCUT2D eigenvalue weighted by molar-refractivity contribution is 9.10. The Kier molecular flexibility index (Phi) is 4.96. The standard InChI is InChI=1S/C14H19BrN2O2/c1-17-9-12(5-6-14(17)19)16-8-13(18)10-3-2-4-11(15)7-10/h2-4,7,12-13,16,18H,5-6,8-9H2,1H3. The second kappa shape index (κ2) is 6.50. The van der Waals surface area contributed by atoms with Crippen LogP contribution in [0.1, 0.15) is 24.5 Å². The number of carbonyl (C=O) groups excluding carboxylic acids is 1. The van der Waals surface area contributed by atoms with E-state index in [1.807, 2.05) is 31.3 Å². The van der Waals surface area contributed by atoms with Crippen LogP contribution >= 0.6 is 15.9 Å². The Balaban J connectivity index is 1.84. The average molecular weight is 327 g/mol. The third kappa shape index (κ3) is 4.03. The van der Waals surface area contributed by atoms with Gasteiger partial charge in [-0.3, -0.25) is 4.79 Å². The van der Waals surface area contributed by atoms with Crippen molar-refractivity contribution in [1.82, 2.24) is 10.2 Å². The average Bonchev–Trinajstić information content (AvgIpc) is 2.40. The van der Waals surface area contributed by atoms with Crippen molar-refractivity contribution in [3.8, 4) is 0 Å². The molecule has 1 amide bonds. The van der Waals surface area contributed by atoms with Crippen molar-refractivity contribution in [2.75, 3.05) is 20.1 Å². The molecule has 2 rings (SSSR count). The number of aliphatic hydroxyl groups excluding tert-OH is 1. The van der Waals surface area contributed by atoms with Crippen LogP contribution in [0, 0.1) is 0 Å². The van der Waals surface area contributed by atoms with Crippen LogP contribution in [0.2, 0.25) is 0 Å². The molecule has 2 unspecified atom stereocenters. The monoisotopic (exact) mass is 326 g/mol. The minimum absolute atomic E-state index is 0.200. The summed E-state index contributed by atoms with van der Waals surface area (Å²) in [6.45, 7) is 1.22. The first-order valence-corrected chi connectivity index (χ1v) is 7.26. The van der Waals surface area contributed by atoms with Crippen LogP contribution in [0.4, 0.5) is 0 Å². The first kappa shape index (κ1) is 14.5. The molecule has 1 aromatic rings. The van der Waals surface area contributed by atoms with Crippen molar-refractivity contribution in [2.45, 2.75) is 25.0 Å². The number of hydrogen-bond acceptors (Lipinski definition) is 3. The van der Waals surface area contributed by atoms with Crippen molar-refractivity contribution in [1.29, 1.82) is 0 Å². The van der Waals surface area contributed by atoms with E-state index in [1.54, 1.807) is 4.90 Å². The van der Waals surface area contributed by atoms with E-state index in [4.69, 9.17) is 0 Å². The normalized spacial score (nSPS) is 21.5. The van der Waals surface area contributed by atoms with Gasteiger partial charge in [0.2, 0.25) is 5.91 Å². The lowest BCUT2D eigenvalue weighted by atomic mass is 10.0. The smallest absolute Gasteiger partial charge is 0.222 e. The van der Waals surface area contributed by atoms with Gasteiger partial charge in [0.1, 0.15) is 0 Å². The maximum Gasteiger partial charge on any atom is 0.222 e. The van der Waals surface area contributed by atoms with Gasteiger partial charge in [-0.15, -0.1) is 0 Å². The van der Waals surface area contributed by atoms with Gasteiger partial charge in [-0.2, -0.15) is 0 Å². The number of likely N-dealkylation sites (tertiary alicyclic amines) is 1. The summed E-state index contributed by atoms with van der Waals surface area (Å²) in [5.74, 6) is 0.200. The molecule has 1 aliphatic rings. The van der Waals surface area contributed by atoms with Crippen LogP contribution in [0.3, 0.4) is 0 Å². The van der Waals surface area contributed by atoms with Crippen molar-refractivity contribution < 1.29 is 9.90 Å². The number of amides is 1. The van der Waals surface area contributed by atoms with Crippen molar-refractivity contribution in [3.63, 3.8) is 0 Å². The lowest BCUT2D eigenvalue weighted by Crippen LogP contribution is -2.47. The SMILES string of the molecule is CN1CC(NCC(O)c2cccc(Br)c2)CCC1=O. The third-order valence-electron chi connectivity index (χ3n) is 3.46. The molecule has 0 bridgehead atoms. The van der Waals surface area contributed by atoms with Gasteiger partial charge < -0.3 is 15.3 Å². The molecule has 1 heterocycles. The second-order valence-corrected chi connectivity index (χ2v) is 5.90. The number of benzene rings is 1. The fourth-order valence-electron chi connectivity index (χ4n) is 2.29. The number of likely N-dealkylation sites (N-methyl/N-ethyl adjacent to an activating group) is 1. The van der Waals surface area contributed by atoms with Crippen LogP contribution in [0.25, 0.3) is 0 Å². The fourth-order valence-corrected chi connectivity index (χ4v) is 2.71. The highest BCUT2D eigenvalue weighted by Gasteiger charge is 2.23. The van der Waals surface area contributed by atoms with E-state index in [1.165, 1.54) is 0 Å². The fraction of sp³-hybridized carbons (Fsp3) is 0.500. The van der Waals surface area contributed by atoms with Crippen LogP contribution in [0.15, 0.2) is 28.7 Å². The zero-order valence-electron chi connectivity index (χ0n) is 11.0. The van der Waals surface area contributed by atoms with Gasteiger partial charge in [-0.1, -0.05) is 28.1 Å². The summed E-state index contributed by atoms with van der Waals surface area (Å²) in [5.41, 5.74) is 0.891.